The van der Waals surface area contributed by atoms with E-state index in [0.717, 1.165) is 67.2 Å². The van der Waals surface area contributed by atoms with E-state index in [4.69, 9.17) is 4.42 Å². The van der Waals surface area contributed by atoms with Crippen LogP contribution in [0, 0.1) is 0 Å². The minimum Gasteiger partial charge on any atom is -0.455 e. The first-order valence-electron chi connectivity index (χ1n) is 19.1. The lowest BCUT2D eigenvalue weighted by Crippen LogP contribution is -2.11. The Hall–Kier alpha value is -7.42. The first-order chi connectivity index (χ1) is 27.8. The quantitative estimate of drug-likeness (QED) is 0.156. The fourth-order valence-corrected chi connectivity index (χ4v) is 8.03. The van der Waals surface area contributed by atoms with Crippen LogP contribution in [0.4, 0.5) is 17.1 Å². The van der Waals surface area contributed by atoms with E-state index in [1.165, 1.54) is 27.5 Å². The smallest absolute Gasteiger partial charge is 0.143 e. The molecule has 1 aromatic heterocycles. The van der Waals surface area contributed by atoms with E-state index in [9.17, 15) is 0 Å². The van der Waals surface area contributed by atoms with Crippen molar-refractivity contribution in [2.75, 3.05) is 4.90 Å². The van der Waals surface area contributed by atoms with Gasteiger partial charge in [0, 0.05) is 33.5 Å². The number of furan rings is 1. The number of nitrogens with zero attached hydrogens (tertiary/aromatic N) is 1. The van der Waals surface area contributed by atoms with Gasteiger partial charge in [0.2, 0.25) is 0 Å². The number of fused-ring (bicyclic) bond motifs is 2. The molecule has 0 unspecified atom stereocenters. The minimum absolute atomic E-state index is 0.855. The molecule has 10 rings (SSSR count). The SMILES string of the molecule is c1ccc(-c2ccc(-c3ccccc3N(c3cccc(-c4oc5ccccc5c4-c4ccccc4)c3)c3cccc(-c4cccc5ccccc45)c3)cc2)cc1. The fourth-order valence-electron chi connectivity index (χ4n) is 8.03. The van der Waals surface area contributed by atoms with E-state index in [0.29, 0.717) is 0 Å². The van der Waals surface area contributed by atoms with Gasteiger partial charge in [-0.15, -0.1) is 0 Å². The molecule has 0 N–H and O–H groups in total. The molecule has 0 fully saturated rings. The van der Waals surface area contributed by atoms with Gasteiger partial charge < -0.3 is 9.32 Å². The lowest BCUT2D eigenvalue weighted by atomic mass is 9.96. The molecule has 0 aliphatic heterocycles. The van der Waals surface area contributed by atoms with E-state index < -0.39 is 0 Å². The van der Waals surface area contributed by atoms with Crippen molar-refractivity contribution in [1.82, 2.24) is 0 Å². The van der Waals surface area contributed by atoms with Gasteiger partial charge in [0.25, 0.3) is 0 Å². The molecule has 0 aliphatic carbocycles. The zero-order chi connectivity index (χ0) is 37.3. The summed E-state index contributed by atoms with van der Waals surface area (Å²) in [6.07, 6.45) is 0. The number of hydrogen-bond acceptors (Lipinski definition) is 2. The summed E-state index contributed by atoms with van der Waals surface area (Å²) in [6, 6.07) is 80.0. The molecule has 2 heteroatoms. The van der Waals surface area contributed by atoms with Crippen LogP contribution in [0.25, 0.3) is 77.6 Å². The molecule has 2 nitrogen and oxygen atoms in total. The molecule has 0 atom stereocenters. The van der Waals surface area contributed by atoms with Crippen LogP contribution >= 0.6 is 0 Å². The topological polar surface area (TPSA) is 16.4 Å². The van der Waals surface area contributed by atoms with Crippen LogP contribution in [0.2, 0.25) is 0 Å². The molecule has 10 aromatic rings. The zero-order valence-electron chi connectivity index (χ0n) is 30.7. The maximum atomic E-state index is 6.73. The lowest BCUT2D eigenvalue weighted by Gasteiger charge is -2.29. The molecule has 9 aromatic carbocycles. The fraction of sp³-hybridized carbons (Fsp3) is 0. The Morgan fingerprint density at radius 3 is 1.62 bits per heavy atom. The second-order valence-electron chi connectivity index (χ2n) is 14.1. The maximum Gasteiger partial charge on any atom is 0.143 e. The third-order valence-electron chi connectivity index (χ3n) is 10.7. The Balaban J connectivity index is 1.16. The van der Waals surface area contributed by atoms with Gasteiger partial charge in [-0.2, -0.15) is 0 Å². The van der Waals surface area contributed by atoms with Crippen molar-refractivity contribution in [3.63, 3.8) is 0 Å². The molecule has 0 bridgehead atoms. The van der Waals surface area contributed by atoms with E-state index in [2.05, 4.69) is 223 Å². The summed E-state index contributed by atoms with van der Waals surface area (Å²) >= 11 is 0. The molecule has 264 valence electrons. The van der Waals surface area contributed by atoms with Crippen molar-refractivity contribution in [2.45, 2.75) is 0 Å². The van der Waals surface area contributed by atoms with Crippen molar-refractivity contribution in [3.05, 3.63) is 224 Å². The van der Waals surface area contributed by atoms with Gasteiger partial charge in [-0.3, -0.25) is 0 Å². The van der Waals surface area contributed by atoms with Gasteiger partial charge in [0.1, 0.15) is 11.3 Å². The number of rotatable bonds is 8. The molecule has 0 radical (unpaired) electrons. The first kappa shape index (κ1) is 33.2. The third-order valence-corrected chi connectivity index (χ3v) is 10.7. The van der Waals surface area contributed by atoms with Crippen LogP contribution in [0.3, 0.4) is 0 Å². The van der Waals surface area contributed by atoms with Crippen molar-refractivity contribution in [2.24, 2.45) is 0 Å². The second-order valence-corrected chi connectivity index (χ2v) is 14.1. The zero-order valence-corrected chi connectivity index (χ0v) is 30.7. The summed E-state index contributed by atoms with van der Waals surface area (Å²) < 4.78 is 6.73. The summed E-state index contributed by atoms with van der Waals surface area (Å²) in [5.41, 5.74) is 14.3. The first-order valence-corrected chi connectivity index (χ1v) is 19.1. The van der Waals surface area contributed by atoms with E-state index in [1.54, 1.807) is 0 Å². The van der Waals surface area contributed by atoms with Crippen molar-refractivity contribution >= 4 is 38.8 Å². The summed E-state index contributed by atoms with van der Waals surface area (Å²) in [6.45, 7) is 0. The average molecular weight is 716 g/mol. The molecule has 0 amide bonds. The molecule has 1 heterocycles. The van der Waals surface area contributed by atoms with Gasteiger partial charge in [0.05, 0.1) is 5.69 Å². The number of benzene rings is 9. The number of anilines is 3. The van der Waals surface area contributed by atoms with Gasteiger partial charge in [-0.05, 0) is 80.6 Å². The normalized spacial score (nSPS) is 11.2. The van der Waals surface area contributed by atoms with Crippen molar-refractivity contribution in [3.8, 4) is 55.8 Å². The Morgan fingerprint density at radius 1 is 0.321 bits per heavy atom. The highest BCUT2D eigenvalue weighted by Gasteiger charge is 2.22. The van der Waals surface area contributed by atoms with Gasteiger partial charge in [-0.25, -0.2) is 0 Å². The molecule has 56 heavy (non-hydrogen) atoms. The highest BCUT2D eigenvalue weighted by Crippen LogP contribution is 2.46. The van der Waals surface area contributed by atoms with Gasteiger partial charge in [-0.1, -0.05) is 188 Å². The Bertz CT molecular complexity index is 2960. The van der Waals surface area contributed by atoms with Crippen molar-refractivity contribution in [1.29, 1.82) is 0 Å². The van der Waals surface area contributed by atoms with Gasteiger partial charge >= 0.3 is 0 Å². The minimum atomic E-state index is 0.855. The standard InChI is InChI=1S/C54H37NO/c1-3-16-38(17-4-1)39-32-34-41(35-33-39)49-27-9-11-30-51(49)55(45-24-13-22-43(36-45)48-29-15-21-40-18-7-8-26-47(40)48)46-25-14-23-44(37-46)54-53(42-19-5-2-6-20-42)50-28-10-12-31-52(50)56-54/h1-37H. The van der Waals surface area contributed by atoms with Gasteiger partial charge in [0.15, 0.2) is 0 Å². The van der Waals surface area contributed by atoms with E-state index >= 15 is 0 Å². The van der Waals surface area contributed by atoms with Crippen LogP contribution in [-0.2, 0) is 0 Å². The average Bonchev–Trinajstić information content (AvgIpc) is 3.67. The maximum absolute atomic E-state index is 6.73. The van der Waals surface area contributed by atoms with Crippen LogP contribution in [-0.4, -0.2) is 0 Å². The predicted octanol–water partition coefficient (Wildman–Crippen LogP) is 15.4. The van der Waals surface area contributed by atoms with Crippen LogP contribution in [0.5, 0.6) is 0 Å². The highest BCUT2D eigenvalue weighted by molar-refractivity contribution is 6.02. The Morgan fingerprint density at radius 2 is 0.839 bits per heavy atom. The van der Waals surface area contributed by atoms with E-state index in [-0.39, 0.29) is 0 Å². The summed E-state index contributed by atoms with van der Waals surface area (Å²) in [5.74, 6) is 0.855. The van der Waals surface area contributed by atoms with Crippen molar-refractivity contribution < 1.29 is 4.42 Å². The molecule has 0 saturated carbocycles. The third kappa shape index (κ3) is 6.14. The molecule has 0 spiro atoms. The highest BCUT2D eigenvalue weighted by atomic mass is 16.3. The summed E-state index contributed by atoms with van der Waals surface area (Å²) in [5, 5.41) is 3.56. The Kier molecular flexibility index (Phi) is 8.55. The number of hydrogen-bond donors (Lipinski definition) is 0. The van der Waals surface area contributed by atoms with Crippen LogP contribution < -0.4 is 4.90 Å². The molecular formula is C54H37NO. The van der Waals surface area contributed by atoms with Crippen LogP contribution in [0.1, 0.15) is 0 Å². The summed E-state index contributed by atoms with van der Waals surface area (Å²) in [7, 11) is 0. The molecular weight excluding hydrogens is 679 g/mol. The molecule has 0 aliphatic rings. The monoisotopic (exact) mass is 715 g/mol. The molecule has 0 saturated heterocycles. The van der Waals surface area contributed by atoms with Crippen LogP contribution in [0.15, 0.2) is 229 Å². The lowest BCUT2D eigenvalue weighted by molar-refractivity contribution is 0.632. The predicted molar refractivity (Wildman–Crippen MR) is 236 cm³/mol. The van der Waals surface area contributed by atoms with E-state index in [1.807, 2.05) is 6.07 Å². The largest absolute Gasteiger partial charge is 0.455 e. The Labute approximate surface area is 327 Å². The second kappa shape index (κ2) is 14.4. The summed E-state index contributed by atoms with van der Waals surface area (Å²) in [4.78, 5) is 2.39. The number of para-hydroxylation sites is 2.